The van der Waals surface area contributed by atoms with Crippen LogP contribution in [0.3, 0.4) is 0 Å². The number of carbonyl (C=O) groups is 2. The van der Waals surface area contributed by atoms with Gasteiger partial charge in [0.05, 0.1) is 12.5 Å². The maximum absolute atomic E-state index is 12.2. The van der Waals surface area contributed by atoms with Crippen molar-refractivity contribution >= 4 is 11.8 Å². The van der Waals surface area contributed by atoms with Gasteiger partial charge < -0.3 is 10.2 Å². The van der Waals surface area contributed by atoms with E-state index in [9.17, 15) is 9.59 Å². The first kappa shape index (κ1) is 15.0. The standard InChI is InChI=1S/C16H19N3O2/c17-9-6-15(20)18-14-7-10-19(11-8-14)16(21)12-13-4-2-1-3-5-13/h1-5,14H,6-8,10-12H2,(H,18,20). The third-order valence-electron chi connectivity index (χ3n) is 3.65. The number of nitrogens with one attached hydrogen (secondary N) is 1. The molecule has 0 atom stereocenters. The number of likely N-dealkylation sites (tertiary alicyclic amines) is 1. The molecule has 0 aliphatic carbocycles. The Morgan fingerprint density at radius 2 is 1.90 bits per heavy atom. The highest BCUT2D eigenvalue weighted by atomic mass is 16.2. The zero-order valence-electron chi connectivity index (χ0n) is 11.9. The fourth-order valence-electron chi connectivity index (χ4n) is 2.51. The molecular formula is C16H19N3O2. The molecule has 1 aliphatic rings. The maximum atomic E-state index is 12.2. The number of rotatable bonds is 4. The third kappa shape index (κ3) is 4.60. The van der Waals surface area contributed by atoms with Crippen molar-refractivity contribution in [2.24, 2.45) is 0 Å². The fraction of sp³-hybridized carbons (Fsp3) is 0.438. The van der Waals surface area contributed by atoms with E-state index >= 15 is 0 Å². The van der Waals surface area contributed by atoms with E-state index in [0.29, 0.717) is 19.5 Å². The molecule has 21 heavy (non-hydrogen) atoms. The topological polar surface area (TPSA) is 73.2 Å². The average Bonchev–Trinajstić information content (AvgIpc) is 2.49. The first-order chi connectivity index (χ1) is 10.2. The SMILES string of the molecule is N#CCC(=O)NC1CCN(C(=O)Cc2ccccc2)CC1. The molecule has 5 heteroatoms. The Balaban J connectivity index is 1.77. The zero-order chi connectivity index (χ0) is 15.1. The molecular weight excluding hydrogens is 266 g/mol. The van der Waals surface area contributed by atoms with Crippen LogP contribution in [0.4, 0.5) is 0 Å². The smallest absolute Gasteiger partial charge is 0.234 e. The number of hydrogen-bond acceptors (Lipinski definition) is 3. The minimum atomic E-state index is -0.230. The summed E-state index contributed by atoms with van der Waals surface area (Å²) < 4.78 is 0. The lowest BCUT2D eigenvalue weighted by atomic mass is 10.0. The second-order valence-electron chi connectivity index (χ2n) is 5.22. The van der Waals surface area contributed by atoms with Crippen LogP contribution in [0.2, 0.25) is 0 Å². The Morgan fingerprint density at radius 1 is 1.24 bits per heavy atom. The summed E-state index contributed by atoms with van der Waals surface area (Å²) in [5.74, 6) is -0.102. The Hall–Kier alpha value is -2.35. The summed E-state index contributed by atoms with van der Waals surface area (Å²) in [5.41, 5.74) is 1.02. The summed E-state index contributed by atoms with van der Waals surface area (Å²) in [4.78, 5) is 25.4. The van der Waals surface area contributed by atoms with Crippen LogP contribution in [0, 0.1) is 11.3 Å². The molecule has 1 aromatic carbocycles. The van der Waals surface area contributed by atoms with Crippen molar-refractivity contribution in [3.8, 4) is 6.07 Å². The van der Waals surface area contributed by atoms with Gasteiger partial charge in [0.2, 0.25) is 11.8 Å². The highest BCUT2D eigenvalue weighted by molar-refractivity contribution is 5.79. The van der Waals surface area contributed by atoms with Gasteiger partial charge in [-0.3, -0.25) is 9.59 Å². The molecule has 2 rings (SSSR count). The van der Waals surface area contributed by atoms with Crippen molar-refractivity contribution in [3.63, 3.8) is 0 Å². The van der Waals surface area contributed by atoms with Crippen LogP contribution in [0.15, 0.2) is 30.3 Å². The Kier molecular flexibility index (Phi) is 5.33. The molecule has 1 fully saturated rings. The predicted octanol–water partition coefficient (Wildman–Crippen LogP) is 1.25. The minimum Gasteiger partial charge on any atom is -0.352 e. The molecule has 0 radical (unpaired) electrons. The van der Waals surface area contributed by atoms with Crippen LogP contribution in [0.1, 0.15) is 24.8 Å². The number of benzene rings is 1. The lowest BCUT2D eigenvalue weighted by Crippen LogP contribution is -2.46. The fourth-order valence-corrected chi connectivity index (χ4v) is 2.51. The van der Waals surface area contributed by atoms with E-state index < -0.39 is 0 Å². The molecule has 2 amide bonds. The van der Waals surface area contributed by atoms with E-state index in [1.54, 1.807) is 0 Å². The lowest BCUT2D eigenvalue weighted by Gasteiger charge is -2.32. The van der Waals surface area contributed by atoms with Gasteiger partial charge in [-0.1, -0.05) is 30.3 Å². The minimum absolute atomic E-state index is 0.0756. The van der Waals surface area contributed by atoms with Crippen molar-refractivity contribution < 1.29 is 9.59 Å². The summed E-state index contributed by atoms with van der Waals surface area (Å²) in [6.07, 6.45) is 1.81. The Bertz CT molecular complexity index is 528. The van der Waals surface area contributed by atoms with Gasteiger partial charge >= 0.3 is 0 Å². The highest BCUT2D eigenvalue weighted by Gasteiger charge is 2.23. The normalized spacial score (nSPS) is 15.3. The predicted molar refractivity (Wildman–Crippen MR) is 78.1 cm³/mol. The molecule has 5 nitrogen and oxygen atoms in total. The second-order valence-corrected chi connectivity index (χ2v) is 5.22. The summed E-state index contributed by atoms with van der Waals surface area (Å²) in [5, 5.41) is 11.3. The van der Waals surface area contributed by atoms with Gasteiger partial charge in [-0.15, -0.1) is 0 Å². The van der Waals surface area contributed by atoms with E-state index in [0.717, 1.165) is 18.4 Å². The third-order valence-corrected chi connectivity index (χ3v) is 3.65. The van der Waals surface area contributed by atoms with Gasteiger partial charge in [0.15, 0.2) is 0 Å². The van der Waals surface area contributed by atoms with Gasteiger partial charge in [-0.25, -0.2) is 0 Å². The number of carbonyl (C=O) groups excluding carboxylic acids is 2. The van der Waals surface area contributed by atoms with E-state index in [4.69, 9.17) is 5.26 Å². The maximum Gasteiger partial charge on any atom is 0.234 e. The largest absolute Gasteiger partial charge is 0.352 e. The number of amides is 2. The van der Waals surface area contributed by atoms with Crippen LogP contribution < -0.4 is 5.32 Å². The molecule has 110 valence electrons. The van der Waals surface area contributed by atoms with Crippen molar-refractivity contribution in [2.45, 2.75) is 31.7 Å². The van der Waals surface area contributed by atoms with Gasteiger partial charge in [-0.2, -0.15) is 5.26 Å². The molecule has 1 aliphatic heterocycles. The van der Waals surface area contributed by atoms with E-state index in [-0.39, 0.29) is 24.3 Å². The number of piperidine rings is 1. The summed E-state index contributed by atoms with van der Waals surface area (Å²) in [7, 11) is 0. The lowest BCUT2D eigenvalue weighted by molar-refractivity contribution is -0.131. The van der Waals surface area contributed by atoms with Crippen LogP contribution in [-0.2, 0) is 16.0 Å². The van der Waals surface area contributed by atoms with Crippen LogP contribution >= 0.6 is 0 Å². The van der Waals surface area contributed by atoms with Gasteiger partial charge in [0, 0.05) is 19.1 Å². The number of nitrogens with zero attached hydrogens (tertiary/aromatic N) is 2. The molecule has 1 N–H and O–H groups in total. The van der Waals surface area contributed by atoms with Crippen molar-refractivity contribution in [3.05, 3.63) is 35.9 Å². The van der Waals surface area contributed by atoms with Gasteiger partial charge in [0.25, 0.3) is 0 Å². The Labute approximate surface area is 124 Å². The molecule has 0 unspecified atom stereocenters. The molecule has 0 aromatic heterocycles. The van der Waals surface area contributed by atoms with E-state index in [2.05, 4.69) is 5.32 Å². The van der Waals surface area contributed by atoms with Crippen molar-refractivity contribution in [1.29, 1.82) is 5.26 Å². The zero-order valence-corrected chi connectivity index (χ0v) is 11.9. The second kappa shape index (κ2) is 7.44. The molecule has 1 saturated heterocycles. The van der Waals surface area contributed by atoms with Crippen molar-refractivity contribution in [1.82, 2.24) is 10.2 Å². The summed E-state index contributed by atoms with van der Waals surface area (Å²) in [6.45, 7) is 1.31. The van der Waals surface area contributed by atoms with Crippen LogP contribution in [0.5, 0.6) is 0 Å². The molecule has 1 heterocycles. The molecule has 0 saturated carbocycles. The first-order valence-corrected chi connectivity index (χ1v) is 7.17. The molecule has 0 bridgehead atoms. The monoisotopic (exact) mass is 285 g/mol. The summed E-state index contributed by atoms with van der Waals surface area (Å²) in [6, 6.07) is 11.6. The van der Waals surface area contributed by atoms with Crippen LogP contribution in [0.25, 0.3) is 0 Å². The van der Waals surface area contributed by atoms with Crippen LogP contribution in [-0.4, -0.2) is 35.8 Å². The van der Waals surface area contributed by atoms with Gasteiger partial charge in [0.1, 0.15) is 6.42 Å². The molecule has 1 aromatic rings. The Morgan fingerprint density at radius 3 is 2.52 bits per heavy atom. The quantitative estimate of drug-likeness (QED) is 0.905. The highest BCUT2D eigenvalue weighted by Crippen LogP contribution is 2.12. The van der Waals surface area contributed by atoms with Gasteiger partial charge in [-0.05, 0) is 18.4 Å². The van der Waals surface area contributed by atoms with E-state index in [1.165, 1.54) is 0 Å². The number of hydrogen-bond donors (Lipinski definition) is 1. The summed E-state index contributed by atoms with van der Waals surface area (Å²) >= 11 is 0. The number of nitriles is 1. The molecule has 0 spiro atoms. The average molecular weight is 285 g/mol. The van der Waals surface area contributed by atoms with E-state index in [1.807, 2.05) is 41.3 Å². The first-order valence-electron chi connectivity index (χ1n) is 7.17. The van der Waals surface area contributed by atoms with Crippen molar-refractivity contribution in [2.75, 3.05) is 13.1 Å².